The number of thiophene rings is 1. The third kappa shape index (κ3) is 2.53. The van der Waals surface area contributed by atoms with E-state index >= 15 is 0 Å². The molecule has 1 aliphatic rings. The summed E-state index contributed by atoms with van der Waals surface area (Å²) in [5.74, 6) is 0. The number of para-hydroxylation sites is 2. The molecule has 104 valence electrons. The van der Waals surface area contributed by atoms with Crippen molar-refractivity contribution in [1.29, 1.82) is 0 Å². The summed E-state index contributed by atoms with van der Waals surface area (Å²) in [6.07, 6.45) is 0. The van der Waals surface area contributed by atoms with Crippen LogP contribution in [0, 0.1) is 0 Å². The molecule has 2 amide bonds. The fourth-order valence-electron chi connectivity index (χ4n) is 2.31. The Morgan fingerprint density at radius 1 is 1.20 bits per heavy atom. The molecule has 20 heavy (non-hydrogen) atoms. The van der Waals surface area contributed by atoms with E-state index < -0.39 is 0 Å². The summed E-state index contributed by atoms with van der Waals surface area (Å²) >= 11 is 5.10. The molecule has 0 bridgehead atoms. The zero-order valence-corrected chi connectivity index (χ0v) is 13.2. The number of nitrogen functional groups attached to an aromatic ring is 1. The van der Waals surface area contributed by atoms with E-state index in [2.05, 4.69) is 15.9 Å². The molecule has 2 N–H and O–H groups in total. The van der Waals surface area contributed by atoms with E-state index in [-0.39, 0.29) is 6.03 Å². The van der Waals surface area contributed by atoms with Crippen LogP contribution in [0.1, 0.15) is 4.88 Å². The first-order valence-corrected chi connectivity index (χ1v) is 7.91. The Balaban J connectivity index is 1.76. The summed E-state index contributed by atoms with van der Waals surface area (Å²) in [5.41, 5.74) is 7.39. The van der Waals surface area contributed by atoms with Gasteiger partial charge in [0.25, 0.3) is 0 Å². The zero-order valence-electron chi connectivity index (χ0n) is 10.8. The van der Waals surface area contributed by atoms with E-state index in [0.717, 1.165) is 16.0 Å². The molecule has 6 heteroatoms. The number of anilines is 2. The Kier molecular flexibility index (Phi) is 3.67. The zero-order chi connectivity index (χ0) is 14.1. The van der Waals surface area contributed by atoms with Crippen molar-refractivity contribution in [3.8, 4) is 0 Å². The Labute approximate surface area is 129 Å². The summed E-state index contributed by atoms with van der Waals surface area (Å²) in [4.78, 5) is 17.2. The lowest BCUT2D eigenvalue weighted by Crippen LogP contribution is -2.31. The van der Waals surface area contributed by atoms with Crippen LogP contribution in [-0.4, -0.2) is 24.0 Å². The second-order valence-electron chi connectivity index (χ2n) is 4.62. The van der Waals surface area contributed by atoms with E-state index in [4.69, 9.17) is 5.73 Å². The summed E-state index contributed by atoms with van der Waals surface area (Å²) in [5, 5.41) is 0. The largest absolute Gasteiger partial charge is 0.397 e. The molecule has 2 aromatic rings. The summed E-state index contributed by atoms with van der Waals surface area (Å²) in [6.45, 7) is 2.06. The minimum Gasteiger partial charge on any atom is -0.397 e. The number of carbonyl (C=O) groups is 1. The lowest BCUT2D eigenvalue weighted by atomic mass is 10.2. The number of rotatable bonds is 3. The SMILES string of the molecule is Nc1ccccc1N1CCN(Cc2ccc(Br)s2)C1=O. The second-order valence-corrected chi connectivity index (χ2v) is 7.17. The van der Waals surface area contributed by atoms with Crippen LogP contribution in [-0.2, 0) is 6.54 Å². The third-order valence-electron chi connectivity index (χ3n) is 3.30. The van der Waals surface area contributed by atoms with Crippen molar-refractivity contribution in [3.63, 3.8) is 0 Å². The maximum atomic E-state index is 12.5. The number of hydrogen-bond donors (Lipinski definition) is 1. The van der Waals surface area contributed by atoms with Crippen molar-refractivity contribution >= 4 is 44.7 Å². The number of nitrogens with two attached hydrogens (primary N) is 1. The number of amides is 2. The summed E-state index contributed by atoms with van der Waals surface area (Å²) in [7, 11) is 0. The van der Waals surface area contributed by atoms with Gasteiger partial charge in [-0.3, -0.25) is 4.90 Å². The van der Waals surface area contributed by atoms with E-state index in [0.29, 0.717) is 18.8 Å². The molecular formula is C14H14BrN3OS. The minimum atomic E-state index is 0.0208. The highest BCUT2D eigenvalue weighted by molar-refractivity contribution is 9.11. The van der Waals surface area contributed by atoms with Gasteiger partial charge in [-0.15, -0.1) is 11.3 Å². The Bertz CT molecular complexity index is 643. The van der Waals surface area contributed by atoms with E-state index in [9.17, 15) is 4.79 Å². The van der Waals surface area contributed by atoms with Crippen LogP contribution in [0.3, 0.4) is 0 Å². The molecule has 2 heterocycles. The fourth-order valence-corrected chi connectivity index (χ4v) is 3.81. The van der Waals surface area contributed by atoms with Crippen molar-refractivity contribution in [2.24, 2.45) is 0 Å². The number of carbonyl (C=O) groups excluding carboxylic acids is 1. The van der Waals surface area contributed by atoms with Crippen molar-refractivity contribution in [2.75, 3.05) is 23.7 Å². The minimum absolute atomic E-state index is 0.0208. The number of urea groups is 1. The van der Waals surface area contributed by atoms with Crippen molar-refractivity contribution < 1.29 is 4.79 Å². The van der Waals surface area contributed by atoms with Crippen LogP contribution in [0.2, 0.25) is 0 Å². The van der Waals surface area contributed by atoms with E-state index in [1.165, 1.54) is 4.88 Å². The Hall–Kier alpha value is -1.53. The van der Waals surface area contributed by atoms with Crippen LogP contribution >= 0.6 is 27.3 Å². The molecule has 3 rings (SSSR count). The third-order valence-corrected chi connectivity index (χ3v) is 4.91. The van der Waals surface area contributed by atoms with Crippen molar-refractivity contribution in [3.05, 3.63) is 45.1 Å². The number of nitrogens with zero attached hydrogens (tertiary/aromatic N) is 2. The topological polar surface area (TPSA) is 49.6 Å². The molecule has 0 radical (unpaired) electrons. The standard InChI is InChI=1S/C14H14BrN3OS/c15-13-6-5-10(20-13)9-17-7-8-18(14(17)19)12-4-2-1-3-11(12)16/h1-6H,7-9,16H2. The normalized spacial score (nSPS) is 15.2. The molecule has 1 fully saturated rings. The lowest BCUT2D eigenvalue weighted by molar-refractivity contribution is 0.219. The van der Waals surface area contributed by atoms with Gasteiger partial charge < -0.3 is 10.6 Å². The molecule has 1 aromatic carbocycles. The first kappa shape index (κ1) is 13.5. The van der Waals surface area contributed by atoms with Gasteiger partial charge in [0.05, 0.1) is 21.7 Å². The fraction of sp³-hybridized carbons (Fsp3) is 0.214. The predicted octanol–water partition coefficient (Wildman–Crippen LogP) is 3.54. The highest BCUT2D eigenvalue weighted by atomic mass is 79.9. The van der Waals surface area contributed by atoms with E-state index in [1.54, 1.807) is 16.2 Å². The van der Waals surface area contributed by atoms with Gasteiger partial charge in [-0.05, 0) is 40.2 Å². The van der Waals surface area contributed by atoms with Gasteiger partial charge in [0.1, 0.15) is 0 Å². The van der Waals surface area contributed by atoms with Gasteiger partial charge in [-0.1, -0.05) is 12.1 Å². The van der Waals surface area contributed by atoms with Crippen LogP contribution in [0.25, 0.3) is 0 Å². The molecule has 0 saturated carbocycles. The molecule has 0 unspecified atom stereocenters. The van der Waals surface area contributed by atoms with Crippen molar-refractivity contribution in [1.82, 2.24) is 4.90 Å². The Morgan fingerprint density at radius 2 is 2.00 bits per heavy atom. The number of hydrogen-bond acceptors (Lipinski definition) is 3. The van der Waals surface area contributed by atoms with Gasteiger partial charge in [-0.2, -0.15) is 0 Å². The van der Waals surface area contributed by atoms with Crippen LogP contribution in [0.5, 0.6) is 0 Å². The highest BCUT2D eigenvalue weighted by Gasteiger charge is 2.30. The van der Waals surface area contributed by atoms with Gasteiger partial charge in [0, 0.05) is 18.0 Å². The average Bonchev–Trinajstić information content (AvgIpc) is 2.99. The molecule has 1 saturated heterocycles. The number of benzene rings is 1. The molecule has 0 spiro atoms. The quantitative estimate of drug-likeness (QED) is 0.859. The molecule has 4 nitrogen and oxygen atoms in total. The smallest absolute Gasteiger partial charge is 0.325 e. The predicted molar refractivity (Wildman–Crippen MR) is 86.0 cm³/mol. The molecule has 1 aromatic heterocycles. The van der Waals surface area contributed by atoms with Gasteiger partial charge in [0.15, 0.2) is 0 Å². The summed E-state index contributed by atoms with van der Waals surface area (Å²) < 4.78 is 1.09. The molecule has 0 aliphatic carbocycles. The van der Waals surface area contributed by atoms with Crippen LogP contribution in [0.4, 0.5) is 16.2 Å². The molecule has 0 atom stereocenters. The highest BCUT2D eigenvalue weighted by Crippen LogP contribution is 2.28. The Morgan fingerprint density at radius 3 is 2.70 bits per heavy atom. The van der Waals surface area contributed by atoms with Gasteiger partial charge in [-0.25, -0.2) is 4.79 Å². The number of halogens is 1. The first-order valence-electron chi connectivity index (χ1n) is 6.30. The molecular weight excluding hydrogens is 338 g/mol. The second kappa shape index (κ2) is 5.46. The monoisotopic (exact) mass is 351 g/mol. The summed E-state index contributed by atoms with van der Waals surface area (Å²) in [6, 6.07) is 11.6. The average molecular weight is 352 g/mol. The molecule has 1 aliphatic heterocycles. The van der Waals surface area contributed by atoms with Gasteiger partial charge >= 0.3 is 6.03 Å². The lowest BCUT2D eigenvalue weighted by Gasteiger charge is -2.19. The maximum absolute atomic E-state index is 12.5. The van der Waals surface area contributed by atoms with Crippen LogP contribution < -0.4 is 10.6 Å². The van der Waals surface area contributed by atoms with Crippen LogP contribution in [0.15, 0.2) is 40.2 Å². The van der Waals surface area contributed by atoms with Crippen molar-refractivity contribution in [2.45, 2.75) is 6.54 Å². The van der Waals surface area contributed by atoms with E-state index in [1.807, 2.05) is 41.3 Å². The maximum Gasteiger partial charge on any atom is 0.325 e. The van der Waals surface area contributed by atoms with Gasteiger partial charge in [0.2, 0.25) is 0 Å². The first-order chi connectivity index (χ1) is 9.65.